The topological polar surface area (TPSA) is 127 Å². The first kappa shape index (κ1) is 35.3. The number of amides is 2. The predicted molar refractivity (Wildman–Crippen MR) is 201 cm³/mol. The smallest absolute Gasteiger partial charge is 0.312 e. The fourth-order valence-electron chi connectivity index (χ4n) is 8.28. The molecule has 3 atom stereocenters. The lowest BCUT2D eigenvalue weighted by molar-refractivity contribution is -0.138. The van der Waals surface area contributed by atoms with Gasteiger partial charge in [-0.3, -0.25) is 14.5 Å². The molecule has 2 N–H and O–H groups in total. The summed E-state index contributed by atoms with van der Waals surface area (Å²) >= 11 is 0. The number of nitrogens with one attached hydrogen (secondary N) is 2. The molecule has 3 aromatic heterocycles. The molecule has 2 saturated heterocycles. The van der Waals surface area contributed by atoms with Crippen LogP contribution in [-0.4, -0.2) is 83.1 Å². The van der Waals surface area contributed by atoms with Crippen molar-refractivity contribution >= 4 is 12.3 Å². The third-order valence-corrected chi connectivity index (χ3v) is 11.1. The van der Waals surface area contributed by atoms with Crippen LogP contribution in [0.3, 0.4) is 0 Å². The first-order valence-electron chi connectivity index (χ1n) is 18.5. The van der Waals surface area contributed by atoms with Crippen LogP contribution in [0, 0.1) is 5.41 Å². The largest absolute Gasteiger partial charge is 0.340 e. The molecule has 0 bridgehead atoms. The van der Waals surface area contributed by atoms with Crippen molar-refractivity contribution in [1.29, 1.82) is 0 Å². The first-order valence-corrected chi connectivity index (χ1v) is 18.5. The van der Waals surface area contributed by atoms with Crippen molar-refractivity contribution in [1.82, 2.24) is 44.6 Å². The molecule has 52 heavy (non-hydrogen) atoms. The SMILES string of the molecule is CCN(CC)[C@@H](C(=O)N1CCC[C@H]1c1ncc(-c2ccc(-c3ncc(-c4cnc([C@@]5(C(C)(C)C)CCCN5[C]=O)[nH]4)cn3)cc2)[nH]1)c1ccccc1. The average molecular weight is 699 g/mol. The van der Waals surface area contributed by atoms with Crippen LogP contribution in [0.15, 0.2) is 79.4 Å². The molecule has 2 aromatic carbocycles. The number of H-pyrrole nitrogens is 2. The lowest BCUT2D eigenvalue weighted by Crippen LogP contribution is -2.50. The summed E-state index contributed by atoms with van der Waals surface area (Å²) in [5.41, 5.74) is 4.66. The molecular weight excluding hydrogens is 651 g/mol. The second-order valence-electron chi connectivity index (χ2n) is 14.9. The maximum absolute atomic E-state index is 14.2. The fraction of sp³-hybridized carbons (Fsp3) is 0.415. The summed E-state index contributed by atoms with van der Waals surface area (Å²) in [7, 11) is 0. The van der Waals surface area contributed by atoms with E-state index < -0.39 is 5.54 Å². The van der Waals surface area contributed by atoms with Gasteiger partial charge >= 0.3 is 6.41 Å². The Balaban J connectivity index is 1.06. The summed E-state index contributed by atoms with van der Waals surface area (Å²) < 4.78 is 0. The number of rotatable bonds is 11. The van der Waals surface area contributed by atoms with E-state index >= 15 is 0 Å². The van der Waals surface area contributed by atoms with Crippen molar-refractivity contribution in [2.24, 2.45) is 5.41 Å². The molecule has 2 aliphatic rings. The van der Waals surface area contributed by atoms with Crippen LogP contribution >= 0.6 is 0 Å². The quantitative estimate of drug-likeness (QED) is 0.151. The van der Waals surface area contributed by atoms with Crippen LogP contribution in [0.1, 0.15) is 89.6 Å². The van der Waals surface area contributed by atoms with Crippen molar-refractivity contribution in [2.75, 3.05) is 26.2 Å². The van der Waals surface area contributed by atoms with Gasteiger partial charge < -0.3 is 19.8 Å². The van der Waals surface area contributed by atoms with E-state index in [9.17, 15) is 9.59 Å². The number of imidazole rings is 2. The lowest BCUT2D eigenvalue weighted by Gasteiger charge is -2.44. The highest BCUT2D eigenvalue weighted by Gasteiger charge is 2.53. The number of aromatic nitrogens is 6. The Morgan fingerprint density at radius 2 is 1.54 bits per heavy atom. The molecule has 0 aliphatic carbocycles. The second-order valence-corrected chi connectivity index (χ2v) is 14.9. The average Bonchev–Trinajstić information content (AvgIpc) is 4.00. The van der Waals surface area contributed by atoms with Crippen LogP contribution in [0.5, 0.6) is 0 Å². The Kier molecular flexibility index (Phi) is 9.80. The van der Waals surface area contributed by atoms with E-state index in [-0.39, 0.29) is 23.4 Å². The fourth-order valence-corrected chi connectivity index (χ4v) is 8.28. The zero-order valence-corrected chi connectivity index (χ0v) is 30.8. The third-order valence-electron chi connectivity index (χ3n) is 11.1. The molecule has 0 saturated carbocycles. The minimum absolute atomic E-state index is 0.0976. The van der Waals surface area contributed by atoms with Crippen LogP contribution in [0.25, 0.3) is 33.9 Å². The summed E-state index contributed by atoms with van der Waals surface area (Å²) in [5, 5.41) is 0. The molecule has 7 rings (SSSR count). The van der Waals surface area contributed by atoms with Crippen LogP contribution in [-0.2, 0) is 15.1 Å². The molecule has 0 unspecified atom stereocenters. The van der Waals surface area contributed by atoms with Crippen molar-refractivity contribution in [3.63, 3.8) is 0 Å². The van der Waals surface area contributed by atoms with Gasteiger partial charge in [0.1, 0.15) is 23.2 Å². The number of hydrogen-bond acceptors (Lipinski definition) is 7. The summed E-state index contributed by atoms with van der Waals surface area (Å²) in [4.78, 5) is 58.0. The number of nitrogens with zero attached hydrogens (tertiary/aromatic N) is 7. The maximum atomic E-state index is 14.2. The minimum Gasteiger partial charge on any atom is -0.340 e. The summed E-state index contributed by atoms with van der Waals surface area (Å²) in [6.07, 6.45) is 13.0. The van der Waals surface area contributed by atoms with Gasteiger partial charge in [-0.2, -0.15) is 0 Å². The van der Waals surface area contributed by atoms with Gasteiger partial charge in [0, 0.05) is 36.6 Å². The number of carbonyl (C=O) groups excluding carboxylic acids is 2. The van der Waals surface area contributed by atoms with E-state index in [1.165, 1.54) is 0 Å². The van der Waals surface area contributed by atoms with Gasteiger partial charge in [-0.1, -0.05) is 89.2 Å². The number of benzene rings is 2. The Morgan fingerprint density at radius 3 is 2.21 bits per heavy atom. The minimum atomic E-state index is -0.546. The maximum Gasteiger partial charge on any atom is 0.312 e. The first-order chi connectivity index (χ1) is 25.2. The molecule has 5 heterocycles. The Bertz CT molecular complexity index is 1980. The monoisotopic (exact) mass is 698 g/mol. The molecule has 11 nitrogen and oxygen atoms in total. The highest BCUT2D eigenvalue weighted by molar-refractivity contribution is 5.84. The molecule has 2 amide bonds. The van der Waals surface area contributed by atoms with Crippen molar-refractivity contribution in [3.8, 4) is 33.9 Å². The molecule has 2 fully saturated rings. The van der Waals surface area contributed by atoms with Gasteiger partial charge in [0.15, 0.2) is 5.82 Å². The molecule has 2 aliphatic heterocycles. The molecule has 0 spiro atoms. The van der Waals surface area contributed by atoms with Crippen molar-refractivity contribution < 1.29 is 9.59 Å². The number of aromatic amines is 2. The highest BCUT2D eigenvalue weighted by atomic mass is 16.2. The van der Waals surface area contributed by atoms with E-state index in [0.29, 0.717) is 18.9 Å². The number of hydrogen-bond donors (Lipinski definition) is 2. The van der Waals surface area contributed by atoms with Crippen LogP contribution < -0.4 is 0 Å². The van der Waals surface area contributed by atoms with E-state index in [1.54, 1.807) is 23.5 Å². The Hall–Kier alpha value is -5.16. The van der Waals surface area contributed by atoms with Gasteiger partial charge in [0.25, 0.3) is 0 Å². The lowest BCUT2D eigenvalue weighted by atomic mass is 9.71. The zero-order chi connectivity index (χ0) is 36.5. The van der Waals surface area contributed by atoms with Gasteiger partial charge in [-0.25, -0.2) is 19.9 Å². The van der Waals surface area contributed by atoms with E-state index in [2.05, 4.69) is 78.0 Å². The summed E-state index contributed by atoms with van der Waals surface area (Å²) in [6, 6.07) is 17.8. The van der Waals surface area contributed by atoms with Crippen LogP contribution in [0.2, 0.25) is 0 Å². The number of likely N-dealkylation sites (tertiary alicyclic amines) is 2. The van der Waals surface area contributed by atoms with Crippen molar-refractivity contribution in [2.45, 2.75) is 77.9 Å². The van der Waals surface area contributed by atoms with Crippen molar-refractivity contribution in [3.05, 3.63) is 96.6 Å². The summed E-state index contributed by atoms with van der Waals surface area (Å²) in [5.74, 6) is 2.33. The molecule has 11 heteroatoms. The molecular formula is C41H48N9O2. The standard InChI is InChI=1S/C41H48N9O2/c1-6-48(7-2)35(29-13-9-8-10-14-29)38(52)50-22-11-15-34(50)37-44-25-32(46-37)28-16-18-30(19-17-28)36-42-23-31(24-43-36)33-26-45-39(47-33)41(40(3,4)5)20-12-21-49(41)27-51/h8-10,13-14,16-19,23-26,34-35H,6-7,11-12,15,20-22H2,1-5H3,(H,44,46)(H,45,47)/t34-,35+,41+/m0/s1. The normalized spacial score (nSPS) is 19.8. The molecule has 269 valence electrons. The number of likely N-dealkylation sites (N-methyl/N-ethyl adjacent to an activating group) is 1. The zero-order valence-electron chi connectivity index (χ0n) is 30.8. The van der Waals surface area contributed by atoms with Gasteiger partial charge in [0.05, 0.1) is 29.8 Å². The predicted octanol–water partition coefficient (Wildman–Crippen LogP) is 7.07. The Labute approximate surface area is 305 Å². The van der Waals surface area contributed by atoms with E-state index in [0.717, 1.165) is 84.1 Å². The summed E-state index contributed by atoms with van der Waals surface area (Å²) in [6.45, 7) is 13.6. The Morgan fingerprint density at radius 1 is 0.865 bits per heavy atom. The number of carbonyl (C=O) groups is 1. The van der Waals surface area contributed by atoms with Gasteiger partial charge in [-0.05, 0) is 55.3 Å². The molecule has 1 radical (unpaired) electrons. The third kappa shape index (κ3) is 6.31. The second kappa shape index (κ2) is 14.5. The van der Waals surface area contributed by atoms with Gasteiger partial charge in [-0.15, -0.1) is 0 Å². The van der Waals surface area contributed by atoms with Gasteiger partial charge in [0.2, 0.25) is 5.91 Å². The van der Waals surface area contributed by atoms with E-state index in [1.807, 2.05) is 53.6 Å². The van der Waals surface area contributed by atoms with E-state index in [4.69, 9.17) is 9.97 Å². The highest BCUT2D eigenvalue weighted by Crippen LogP contribution is 2.49. The van der Waals surface area contributed by atoms with Crippen LogP contribution in [0.4, 0.5) is 0 Å². The molecule has 5 aromatic rings.